The van der Waals surface area contributed by atoms with Crippen LogP contribution in [0.15, 0.2) is 29.3 Å². The Hall–Kier alpha value is -1.53. The Balaban J connectivity index is 3.01. The molecule has 0 atom stereocenters. The summed E-state index contributed by atoms with van der Waals surface area (Å²) in [5, 5.41) is 9.03. The summed E-state index contributed by atoms with van der Waals surface area (Å²) in [7, 11) is 0. The number of halogens is 1. The van der Waals surface area contributed by atoms with E-state index < -0.39 is 0 Å². The first kappa shape index (κ1) is 10.6. The predicted octanol–water partition coefficient (Wildman–Crippen LogP) is 2.60. The summed E-state index contributed by atoms with van der Waals surface area (Å²) in [4.78, 5) is 3.57. The highest BCUT2D eigenvalue weighted by Crippen LogP contribution is 2.12. The van der Waals surface area contributed by atoms with Crippen molar-refractivity contribution in [2.45, 2.75) is 6.92 Å². The first-order chi connectivity index (χ1) is 6.77. The first-order valence-corrected chi connectivity index (χ1v) is 4.51. The van der Waals surface area contributed by atoms with Crippen LogP contribution in [0.3, 0.4) is 0 Å². The van der Waals surface area contributed by atoms with Crippen LogP contribution in [0.4, 0.5) is 0 Å². The third-order valence-electron chi connectivity index (χ3n) is 1.50. The van der Waals surface area contributed by atoms with Crippen molar-refractivity contribution in [3.05, 3.63) is 34.9 Å². The van der Waals surface area contributed by atoms with Gasteiger partial charge in [-0.15, -0.1) is 4.99 Å². The van der Waals surface area contributed by atoms with Crippen LogP contribution in [-0.4, -0.2) is 12.5 Å². The minimum atomic E-state index is 0.303. The maximum Gasteiger partial charge on any atom is 0.231 e. The molecule has 1 aromatic rings. The number of hydrogen-bond donors (Lipinski definition) is 0. The van der Waals surface area contributed by atoms with Crippen molar-refractivity contribution in [2.75, 3.05) is 6.61 Å². The molecule has 0 spiro atoms. The fourth-order valence-electron chi connectivity index (χ4n) is 0.984. The van der Waals surface area contributed by atoms with Crippen molar-refractivity contribution in [1.29, 1.82) is 5.26 Å². The zero-order valence-electron chi connectivity index (χ0n) is 7.70. The lowest BCUT2D eigenvalue weighted by Gasteiger charge is -2.05. The van der Waals surface area contributed by atoms with E-state index in [0.29, 0.717) is 23.1 Å². The van der Waals surface area contributed by atoms with Gasteiger partial charge in [-0.25, -0.2) is 0 Å². The SMILES string of the molecule is CCOC(=NC#N)c1cccc(Cl)c1. The van der Waals surface area contributed by atoms with E-state index in [1.165, 1.54) is 0 Å². The third kappa shape index (κ3) is 2.75. The van der Waals surface area contributed by atoms with E-state index in [1.807, 2.05) is 6.92 Å². The minimum absolute atomic E-state index is 0.303. The minimum Gasteiger partial charge on any atom is -0.477 e. The zero-order chi connectivity index (χ0) is 10.4. The average molecular weight is 209 g/mol. The molecule has 0 unspecified atom stereocenters. The number of benzene rings is 1. The molecule has 3 nitrogen and oxygen atoms in total. The number of nitrogens with zero attached hydrogens (tertiary/aromatic N) is 2. The summed E-state index contributed by atoms with van der Waals surface area (Å²) in [6, 6.07) is 7.02. The monoisotopic (exact) mass is 208 g/mol. The largest absolute Gasteiger partial charge is 0.477 e. The second kappa shape index (κ2) is 5.25. The Morgan fingerprint density at radius 1 is 1.64 bits per heavy atom. The average Bonchev–Trinajstić information content (AvgIpc) is 2.17. The van der Waals surface area contributed by atoms with E-state index in [-0.39, 0.29) is 0 Å². The van der Waals surface area contributed by atoms with E-state index in [2.05, 4.69) is 4.99 Å². The second-order valence-electron chi connectivity index (χ2n) is 2.46. The van der Waals surface area contributed by atoms with Gasteiger partial charge in [0.15, 0.2) is 0 Å². The number of rotatable bonds is 2. The number of nitriles is 1. The summed E-state index contributed by atoms with van der Waals surface area (Å²) >= 11 is 5.80. The van der Waals surface area contributed by atoms with Crippen LogP contribution in [0.1, 0.15) is 12.5 Å². The summed E-state index contributed by atoms with van der Waals surface area (Å²) in [6.07, 6.45) is 1.69. The van der Waals surface area contributed by atoms with Crippen molar-refractivity contribution >= 4 is 17.5 Å². The fraction of sp³-hybridized carbons (Fsp3) is 0.200. The van der Waals surface area contributed by atoms with Crippen molar-refractivity contribution in [3.63, 3.8) is 0 Å². The standard InChI is InChI=1S/C10H9ClN2O/c1-2-14-10(13-7-12)8-4-3-5-9(11)6-8/h3-6H,2H2,1H3. The molecule has 1 rings (SSSR count). The van der Waals surface area contributed by atoms with Crippen molar-refractivity contribution in [3.8, 4) is 6.19 Å². The van der Waals surface area contributed by atoms with Crippen LogP contribution in [0.25, 0.3) is 0 Å². The van der Waals surface area contributed by atoms with E-state index in [9.17, 15) is 0 Å². The van der Waals surface area contributed by atoms with Gasteiger partial charge in [0.05, 0.1) is 6.61 Å². The molecule has 1 aromatic carbocycles. The topological polar surface area (TPSA) is 45.4 Å². The number of hydrogen-bond acceptors (Lipinski definition) is 3. The lowest BCUT2D eigenvalue weighted by Crippen LogP contribution is -2.05. The number of ether oxygens (including phenoxy) is 1. The van der Waals surface area contributed by atoms with Gasteiger partial charge in [0.2, 0.25) is 12.1 Å². The van der Waals surface area contributed by atoms with E-state index in [4.69, 9.17) is 21.6 Å². The maximum absolute atomic E-state index is 8.44. The highest BCUT2D eigenvalue weighted by atomic mass is 35.5. The molecule has 4 heteroatoms. The number of aliphatic imine (C=N–C) groups is 1. The molecule has 0 amide bonds. The first-order valence-electron chi connectivity index (χ1n) is 4.13. The van der Waals surface area contributed by atoms with Gasteiger partial charge in [-0.3, -0.25) is 0 Å². The van der Waals surface area contributed by atoms with Gasteiger partial charge in [0.25, 0.3) is 0 Å². The highest BCUT2D eigenvalue weighted by molar-refractivity contribution is 6.30. The predicted molar refractivity (Wildman–Crippen MR) is 55.2 cm³/mol. The van der Waals surface area contributed by atoms with Crippen LogP contribution in [-0.2, 0) is 4.74 Å². The molecule has 0 saturated heterocycles. The van der Waals surface area contributed by atoms with Gasteiger partial charge < -0.3 is 4.74 Å². The molecule has 14 heavy (non-hydrogen) atoms. The van der Waals surface area contributed by atoms with Gasteiger partial charge in [-0.2, -0.15) is 5.26 Å². The molecule has 0 saturated carbocycles. The fourth-order valence-corrected chi connectivity index (χ4v) is 1.17. The van der Waals surface area contributed by atoms with Crippen LogP contribution < -0.4 is 0 Å². The van der Waals surface area contributed by atoms with E-state index in [0.717, 1.165) is 0 Å². The van der Waals surface area contributed by atoms with Gasteiger partial charge in [0.1, 0.15) is 0 Å². The van der Waals surface area contributed by atoms with E-state index in [1.54, 1.807) is 30.5 Å². The lowest BCUT2D eigenvalue weighted by atomic mass is 10.2. The van der Waals surface area contributed by atoms with Crippen LogP contribution >= 0.6 is 11.6 Å². The molecule has 0 radical (unpaired) electrons. The van der Waals surface area contributed by atoms with Gasteiger partial charge in [0, 0.05) is 10.6 Å². The Morgan fingerprint density at radius 2 is 2.43 bits per heavy atom. The zero-order valence-corrected chi connectivity index (χ0v) is 8.45. The molecular formula is C10H9ClN2O. The summed E-state index contributed by atoms with van der Waals surface area (Å²) in [5.41, 5.74) is 0.709. The maximum atomic E-state index is 8.44. The summed E-state index contributed by atoms with van der Waals surface area (Å²) in [6.45, 7) is 2.30. The Kier molecular flexibility index (Phi) is 3.96. The Bertz CT molecular complexity index is 382. The summed E-state index contributed by atoms with van der Waals surface area (Å²) < 4.78 is 5.19. The normalized spacial score (nSPS) is 10.8. The van der Waals surface area contributed by atoms with Crippen LogP contribution in [0.5, 0.6) is 0 Å². The Labute approximate surface area is 87.6 Å². The molecular weight excluding hydrogens is 200 g/mol. The van der Waals surface area contributed by atoms with Gasteiger partial charge >= 0.3 is 0 Å². The molecule has 0 fully saturated rings. The van der Waals surface area contributed by atoms with Gasteiger partial charge in [-0.05, 0) is 25.1 Å². The van der Waals surface area contributed by atoms with Crippen LogP contribution in [0, 0.1) is 11.5 Å². The quantitative estimate of drug-likeness (QED) is 0.426. The second-order valence-corrected chi connectivity index (χ2v) is 2.90. The van der Waals surface area contributed by atoms with Crippen molar-refractivity contribution < 1.29 is 4.74 Å². The van der Waals surface area contributed by atoms with Crippen molar-refractivity contribution in [1.82, 2.24) is 0 Å². The van der Waals surface area contributed by atoms with E-state index >= 15 is 0 Å². The van der Waals surface area contributed by atoms with Crippen molar-refractivity contribution in [2.24, 2.45) is 4.99 Å². The Morgan fingerprint density at radius 3 is 3.00 bits per heavy atom. The lowest BCUT2D eigenvalue weighted by molar-refractivity contribution is 0.329. The summed E-state index contributed by atoms with van der Waals surface area (Å²) in [5.74, 6) is 0.303. The van der Waals surface area contributed by atoms with Crippen LogP contribution in [0.2, 0.25) is 5.02 Å². The molecule has 0 aliphatic carbocycles. The smallest absolute Gasteiger partial charge is 0.231 e. The molecule has 72 valence electrons. The molecule has 0 bridgehead atoms. The van der Waals surface area contributed by atoms with Gasteiger partial charge in [-0.1, -0.05) is 17.7 Å². The molecule has 0 heterocycles. The molecule has 0 aromatic heterocycles. The highest BCUT2D eigenvalue weighted by Gasteiger charge is 2.04. The molecule has 0 N–H and O–H groups in total. The third-order valence-corrected chi connectivity index (χ3v) is 1.74. The molecule has 0 aliphatic rings. The molecule has 0 aliphatic heterocycles.